The minimum absolute atomic E-state index is 0.0801. The van der Waals surface area contributed by atoms with Gasteiger partial charge in [-0.3, -0.25) is 9.89 Å². The SMILES string of the molecule is O=C(NC[C@]1(O)CCCN(C(=O)c2cc(C3CC3)[nH]n2)CC1)N1CCCC1. The van der Waals surface area contributed by atoms with Crippen molar-refractivity contribution < 1.29 is 14.7 Å². The lowest BCUT2D eigenvalue weighted by atomic mass is 9.95. The van der Waals surface area contributed by atoms with Crippen LogP contribution in [-0.2, 0) is 0 Å². The molecule has 2 saturated heterocycles. The summed E-state index contributed by atoms with van der Waals surface area (Å²) in [7, 11) is 0. The zero-order chi connectivity index (χ0) is 18.9. The molecule has 27 heavy (non-hydrogen) atoms. The third-order valence-electron chi connectivity index (χ3n) is 6.00. The molecule has 3 heterocycles. The Hall–Kier alpha value is -2.09. The van der Waals surface area contributed by atoms with Gasteiger partial charge in [0.2, 0.25) is 0 Å². The molecule has 3 amide bonds. The fourth-order valence-corrected chi connectivity index (χ4v) is 4.04. The quantitative estimate of drug-likeness (QED) is 0.741. The van der Waals surface area contributed by atoms with Crippen LogP contribution in [0.5, 0.6) is 0 Å². The minimum atomic E-state index is -0.963. The molecule has 8 heteroatoms. The Labute approximate surface area is 159 Å². The molecule has 0 spiro atoms. The summed E-state index contributed by atoms with van der Waals surface area (Å²) in [5.74, 6) is 0.455. The van der Waals surface area contributed by atoms with E-state index in [2.05, 4.69) is 15.5 Å². The maximum Gasteiger partial charge on any atom is 0.317 e. The highest BCUT2D eigenvalue weighted by Gasteiger charge is 2.34. The molecule has 3 fully saturated rings. The number of aromatic nitrogens is 2. The number of nitrogens with one attached hydrogen (secondary N) is 2. The third-order valence-corrected chi connectivity index (χ3v) is 6.00. The van der Waals surface area contributed by atoms with Gasteiger partial charge in [-0.25, -0.2) is 4.79 Å². The molecule has 148 valence electrons. The van der Waals surface area contributed by atoms with Crippen LogP contribution < -0.4 is 5.32 Å². The van der Waals surface area contributed by atoms with Crippen molar-refractivity contribution in [1.82, 2.24) is 25.3 Å². The average molecular weight is 375 g/mol. The first kappa shape index (κ1) is 18.3. The van der Waals surface area contributed by atoms with E-state index in [1.807, 2.05) is 6.07 Å². The summed E-state index contributed by atoms with van der Waals surface area (Å²) in [5, 5.41) is 20.9. The van der Waals surface area contributed by atoms with Crippen LogP contribution in [-0.4, -0.2) is 75.4 Å². The van der Waals surface area contributed by atoms with Gasteiger partial charge in [-0.1, -0.05) is 0 Å². The number of H-pyrrole nitrogens is 1. The summed E-state index contributed by atoms with van der Waals surface area (Å²) in [4.78, 5) is 28.5. The maximum absolute atomic E-state index is 12.7. The highest BCUT2D eigenvalue weighted by molar-refractivity contribution is 5.92. The number of amides is 3. The Morgan fingerprint density at radius 3 is 2.63 bits per heavy atom. The highest BCUT2D eigenvalue weighted by atomic mass is 16.3. The molecule has 1 aromatic rings. The molecule has 1 atom stereocenters. The van der Waals surface area contributed by atoms with Crippen molar-refractivity contribution in [2.45, 2.75) is 56.5 Å². The molecule has 1 aliphatic carbocycles. The van der Waals surface area contributed by atoms with Crippen LogP contribution >= 0.6 is 0 Å². The van der Waals surface area contributed by atoms with E-state index < -0.39 is 5.60 Å². The number of aliphatic hydroxyl groups is 1. The Kier molecular flexibility index (Phi) is 5.08. The first-order chi connectivity index (χ1) is 13.0. The van der Waals surface area contributed by atoms with Crippen molar-refractivity contribution in [3.8, 4) is 0 Å². The van der Waals surface area contributed by atoms with E-state index in [0.29, 0.717) is 44.0 Å². The van der Waals surface area contributed by atoms with Crippen LogP contribution in [0.2, 0.25) is 0 Å². The molecule has 3 aliphatic rings. The normalized spacial score (nSPS) is 26.1. The van der Waals surface area contributed by atoms with Gasteiger partial charge in [-0.2, -0.15) is 5.10 Å². The largest absolute Gasteiger partial charge is 0.388 e. The maximum atomic E-state index is 12.7. The Morgan fingerprint density at radius 2 is 1.89 bits per heavy atom. The lowest BCUT2D eigenvalue weighted by Gasteiger charge is -2.28. The van der Waals surface area contributed by atoms with Gasteiger partial charge in [-0.15, -0.1) is 0 Å². The smallest absolute Gasteiger partial charge is 0.317 e. The van der Waals surface area contributed by atoms with Gasteiger partial charge < -0.3 is 20.2 Å². The molecule has 0 unspecified atom stereocenters. The summed E-state index contributed by atoms with van der Waals surface area (Å²) in [5.41, 5.74) is 0.550. The van der Waals surface area contributed by atoms with Gasteiger partial charge in [0.25, 0.3) is 5.91 Å². The molecule has 0 radical (unpaired) electrons. The van der Waals surface area contributed by atoms with E-state index in [4.69, 9.17) is 0 Å². The van der Waals surface area contributed by atoms with Crippen molar-refractivity contribution in [2.75, 3.05) is 32.7 Å². The monoisotopic (exact) mass is 375 g/mol. The molecular weight excluding hydrogens is 346 g/mol. The molecule has 8 nitrogen and oxygen atoms in total. The number of urea groups is 1. The van der Waals surface area contributed by atoms with E-state index in [-0.39, 0.29) is 18.5 Å². The lowest BCUT2D eigenvalue weighted by Crippen LogP contribution is -2.47. The van der Waals surface area contributed by atoms with Crippen LogP contribution in [0.4, 0.5) is 4.79 Å². The second kappa shape index (κ2) is 7.50. The Bertz CT molecular complexity index is 695. The number of hydrogen-bond donors (Lipinski definition) is 3. The summed E-state index contributed by atoms with van der Waals surface area (Å²) >= 11 is 0. The zero-order valence-electron chi connectivity index (χ0n) is 15.7. The van der Waals surface area contributed by atoms with Crippen LogP contribution in [0.3, 0.4) is 0 Å². The van der Waals surface area contributed by atoms with Gasteiger partial charge >= 0.3 is 6.03 Å². The number of rotatable bonds is 4. The van der Waals surface area contributed by atoms with E-state index >= 15 is 0 Å². The highest BCUT2D eigenvalue weighted by Crippen LogP contribution is 2.39. The molecule has 1 aromatic heterocycles. The van der Waals surface area contributed by atoms with Crippen molar-refractivity contribution in [2.24, 2.45) is 0 Å². The van der Waals surface area contributed by atoms with Gasteiger partial charge in [0.05, 0.1) is 5.60 Å². The number of nitrogens with zero attached hydrogens (tertiary/aromatic N) is 3. The molecule has 2 aliphatic heterocycles. The second-order valence-electron chi connectivity index (χ2n) is 8.21. The van der Waals surface area contributed by atoms with Gasteiger partial charge in [0, 0.05) is 44.3 Å². The van der Waals surface area contributed by atoms with Crippen molar-refractivity contribution in [3.63, 3.8) is 0 Å². The summed E-state index contributed by atoms with van der Waals surface area (Å²) < 4.78 is 0. The van der Waals surface area contributed by atoms with E-state index in [1.165, 1.54) is 0 Å². The fourth-order valence-electron chi connectivity index (χ4n) is 4.04. The van der Waals surface area contributed by atoms with E-state index in [1.54, 1.807) is 9.80 Å². The van der Waals surface area contributed by atoms with Crippen LogP contribution in [0.25, 0.3) is 0 Å². The number of hydrogen-bond acceptors (Lipinski definition) is 4. The predicted molar refractivity (Wildman–Crippen MR) is 99.5 cm³/mol. The third kappa shape index (κ3) is 4.26. The second-order valence-corrected chi connectivity index (χ2v) is 8.21. The topological polar surface area (TPSA) is 102 Å². The average Bonchev–Trinajstić information content (AvgIpc) is 3.20. The lowest BCUT2D eigenvalue weighted by molar-refractivity contribution is 0.0269. The van der Waals surface area contributed by atoms with Crippen molar-refractivity contribution >= 4 is 11.9 Å². The standard InChI is InChI=1S/C19H29N5O3/c25-17(16-12-15(21-22-16)14-4-5-14)23-10-3-6-19(27,7-11-23)13-20-18(26)24-8-1-2-9-24/h12,14,27H,1-11,13H2,(H,20,26)(H,21,22)/t19-/m0/s1. The number of aromatic amines is 1. The Morgan fingerprint density at radius 1 is 1.15 bits per heavy atom. The van der Waals surface area contributed by atoms with Crippen LogP contribution in [0.15, 0.2) is 6.07 Å². The Balaban J connectivity index is 1.30. The molecule has 1 saturated carbocycles. The molecule has 4 rings (SSSR count). The summed E-state index contributed by atoms with van der Waals surface area (Å²) in [6.07, 6.45) is 6.16. The molecule has 0 bridgehead atoms. The van der Waals surface area contributed by atoms with Crippen molar-refractivity contribution in [3.05, 3.63) is 17.5 Å². The van der Waals surface area contributed by atoms with E-state index in [0.717, 1.165) is 44.5 Å². The first-order valence-electron chi connectivity index (χ1n) is 10.1. The summed E-state index contributed by atoms with van der Waals surface area (Å²) in [6, 6.07) is 1.77. The number of carbonyl (C=O) groups is 2. The molecule has 3 N–H and O–H groups in total. The summed E-state index contributed by atoms with van der Waals surface area (Å²) in [6.45, 7) is 2.89. The minimum Gasteiger partial charge on any atom is -0.388 e. The first-order valence-corrected chi connectivity index (χ1v) is 10.1. The van der Waals surface area contributed by atoms with Gasteiger partial charge in [0.1, 0.15) is 5.69 Å². The van der Waals surface area contributed by atoms with Crippen molar-refractivity contribution in [1.29, 1.82) is 0 Å². The zero-order valence-corrected chi connectivity index (χ0v) is 15.7. The number of carbonyl (C=O) groups excluding carboxylic acids is 2. The van der Waals surface area contributed by atoms with Gasteiger partial charge in [-0.05, 0) is 51.0 Å². The van der Waals surface area contributed by atoms with Gasteiger partial charge in [0.15, 0.2) is 0 Å². The fraction of sp³-hybridized carbons (Fsp3) is 0.737. The molecular formula is C19H29N5O3. The number of likely N-dealkylation sites (tertiary alicyclic amines) is 2. The predicted octanol–water partition coefficient (Wildman–Crippen LogP) is 1.45. The van der Waals surface area contributed by atoms with E-state index in [9.17, 15) is 14.7 Å². The molecule has 0 aromatic carbocycles. The van der Waals surface area contributed by atoms with Crippen LogP contribution in [0, 0.1) is 0 Å². The van der Waals surface area contributed by atoms with Crippen LogP contribution in [0.1, 0.15) is 67.0 Å².